The highest BCUT2D eigenvalue weighted by Gasteiger charge is 2.38. The number of hydrogen-bond acceptors (Lipinski definition) is 5. The Kier molecular flexibility index (Phi) is 8.89. The van der Waals surface area contributed by atoms with Crippen molar-refractivity contribution in [3.05, 3.63) is 76.0 Å². The molecule has 0 aliphatic carbocycles. The van der Waals surface area contributed by atoms with Gasteiger partial charge in [-0.2, -0.15) is 13.2 Å². The fraction of sp³-hybridized carbons (Fsp3) is 0.370. The van der Waals surface area contributed by atoms with E-state index in [2.05, 4.69) is 10.6 Å². The monoisotopic (exact) mass is 579 g/mol. The Morgan fingerprint density at radius 2 is 1.73 bits per heavy atom. The predicted octanol–water partition coefficient (Wildman–Crippen LogP) is 4.72. The normalized spacial score (nSPS) is 18.4. The van der Waals surface area contributed by atoms with E-state index in [4.69, 9.17) is 16.3 Å². The van der Waals surface area contributed by atoms with Crippen LogP contribution < -0.4 is 10.6 Å². The highest BCUT2D eigenvalue weighted by Crippen LogP contribution is 2.35. The molecule has 9 nitrogen and oxygen atoms in total. The summed E-state index contributed by atoms with van der Waals surface area (Å²) in [5.41, 5.74) is 0.768. The first kappa shape index (κ1) is 29.2. The third kappa shape index (κ3) is 6.50. The van der Waals surface area contributed by atoms with E-state index in [1.165, 1.54) is 17.0 Å². The van der Waals surface area contributed by atoms with E-state index in [0.29, 0.717) is 42.5 Å². The lowest BCUT2D eigenvalue weighted by atomic mass is 9.94. The summed E-state index contributed by atoms with van der Waals surface area (Å²) < 4.78 is 43.7. The number of ether oxygens (including phenoxy) is 1. The molecular weight excluding hydrogens is 551 g/mol. The summed E-state index contributed by atoms with van der Waals surface area (Å²) in [6.07, 6.45) is -4.46. The van der Waals surface area contributed by atoms with Crippen molar-refractivity contribution in [3.8, 4) is 0 Å². The van der Waals surface area contributed by atoms with Gasteiger partial charge in [0.15, 0.2) is 0 Å². The van der Waals surface area contributed by atoms with E-state index in [-0.39, 0.29) is 24.4 Å². The van der Waals surface area contributed by atoms with Crippen LogP contribution in [0.15, 0.2) is 59.8 Å². The molecule has 2 aromatic rings. The summed E-state index contributed by atoms with van der Waals surface area (Å²) in [6.45, 7) is 3.63. The van der Waals surface area contributed by atoms with Gasteiger partial charge in [-0.3, -0.25) is 9.80 Å². The number of alkyl halides is 3. The molecule has 214 valence electrons. The van der Waals surface area contributed by atoms with Gasteiger partial charge in [-0.15, -0.1) is 0 Å². The summed E-state index contributed by atoms with van der Waals surface area (Å²) >= 11 is 6.42. The quantitative estimate of drug-likeness (QED) is 0.483. The molecule has 2 aliphatic heterocycles. The minimum Gasteiger partial charge on any atom is -0.463 e. The van der Waals surface area contributed by atoms with Crippen LogP contribution in [0.25, 0.3) is 0 Å². The largest absolute Gasteiger partial charge is 0.463 e. The van der Waals surface area contributed by atoms with Gasteiger partial charge in [0.05, 0.1) is 23.8 Å². The number of halogens is 4. The maximum Gasteiger partial charge on any atom is 0.416 e. The standard InChI is InChI=1S/C27H29ClF3N5O4/c1-3-40-24(37)22-21(34(2)25(38)33-23(22)19-6-4-5-7-20(19)28)16-35-12-14-36(15-13-35)26(39)32-18-10-8-17(9-11-18)27(29,30)31/h4-11,23H,3,12-16H2,1-2H3,(H,32,39)(H,33,38)/t23-/m0/s1. The third-order valence-corrected chi connectivity index (χ3v) is 7.13. The van der Waals surface area contributed by atoms with Crippen LogP contribution in [-0.4, -0.2) is 79.1 Å². The number of amides is 4. The number of anilines is 1. The fourth-order valence-corrected chi connectivity index (χ4v) is 4.85. The molecule has 1 saturated heterocycles. The summed E-state index contributed by atoms with van der Waals surface area (Å²) in [6, 6.07) is 9.54. The van der Waals surface area contributed by atoms with Crippen LogP contribution in [0.2, 0.25) is 5.02 Å². The zero-order valence-electron chi connectivity index (χ0n) is 21.9. The number of nitrogens with zero attached hydrogens (tertiary/aromatic N) is 3. The maximum atomic E-state index is 13.1. The second-order valence-corrected chi connectivity index (χ2v) is 9.72. The molecule has 40 heavy (non-hydrogen) atoms. The molecule has 2 heterocycles. The van der Waals surface area contributed by atoms with E-state index >= 15 is 0 Å². The number of hydrogen-bond donors (Lipinski definition) is 2. The third-order valence-electron chi connectivity index (χ3n) is 6.78. The topological polar surface area (TPSA) is 94.2 Å². The predicted molar refractivity (Wildman–Crippen MR) is 143 cm³/mol. The van der Waals surface area contributed by atoms with Gasteiger partial charge >= 0.3 is 24.2 Å². The Hall–Kier alpha value is -3.77. The fourth-order valence-electron chi connectivity index (χ4n) is 4.61. The Morgan fingerprint density at radius 1 is 1.07 bits per heavy atom. The minimum atomic E-state index is -4.46. The summed E-state index contributed by atoms with van der Waals surface area (Å²) in [4.78, 5) is 43.7. The Bertz CT molecular complexity index is 1290. The zero-order chi connectivity index (χ0) is 29.0. The molecule has 0 bridgehead atoms. The lowest BCUT2D eigenvalue weighted by Gasteiger charge is -2.39. The van der Waals surface area contributed by atoms with E-state index in [1.54, 1.807) is 43.1 Å². The van der Waals surface area contributed by atoms with Crippen LogP contribution in [0.3, 0.4) is 0 Å². The number of esters is 1. The highest BCUT2D eigenvalue weighted by atomic mass is 35.5. The maximum absolute atomic E-state index is 13.1. The molecule has 0 radical (unpaired) electrons. The molecule has 2 N–H and O–H groups in total. The number of urea groups is 2. The van der Waals surface area contributed by atoms with Crippen molar-refractivity contribution in [1.29, 1.82) is 0 Å². The van der Waals surface area contributed by atoms with Gasteiger partial charge in [0.1, 0.15) is 0 Å². The Morgan fingerprint density at radius 3 is 2.33 bits per heavy atom. The smallest absolute Gasteiger partial charge is 0.416 e. The van der Waals surface area contributed by atoms with Crippen molar-refractivity contribution in [2.45, 2.75) is 19.1 Å². The van der Waals surface area contributed by atoms with E-state index in [0.717, 1.165) is 12.1 Å². The summed E-state index contributed by atoms with van der Waals surface area (Å²) in [7, 11) is 1.57. The van der Waals surface area contributed by atoms with Crippen LogP contribution in [0.4, 0.5) is 28.4 Å². The first-order valence-electron chi connectivity index (χ1n) is 12.6. The van der Waals surface area contributed by atoms with Gasteiger partial charge in [0, 0.05) is 56.2 Å². The first-order chi connectivity index (χ1) is 19.0. The lowest BCUT2D eigenvalue weighted by molar-refractivity contribution is -0.139. The summed E-state index contributed by atoms with van der Waals surface area (Å²) in [5.74, 6) is -0.566. The van der Waals surface area contributed by atoms with Crippen LogP contribution in [0.1, 0.15) is 24.1 Å². The number of nitrogens with one attached hydrogen (secondary N) is 2. The molecule has 0 aromatic heterocycles. The molecule has 0 spiro atoms. The average Bonchev–Trinajstić information content (AvgIpc) is 2.91. The lowest BCUT2D eigenvalue weighted by Crippen LogP contribution is -2.53. The SMILES string of the molecule is CCOC(=O)C1=C(CN2CCN(C(=O)Nc3ccc(C(F)(F)F)cc3)CC2)N(C)C(=O)N[C@H]1c1ccccc1Cl. The van der Waals surface area contributed by atoms with Gasteiger partial charge in [0.2, 0.25) is 0 Å². The van der Waals surface area contributed by atoms with Crippen molar-refractivity contribution in [2.75, 3.05) is 51.7 Å². The molecular formula is C27H29ClF3N5O4. The van der Waals surface area contributed by atoms with Crippen LogP contribution in [-0.2, 0) is 15.7 Å². The average molecular weight is 580 g/mol. The van der Waals surface area contributed by atoms with Gasteiger partial charge in [-0.1, -0.05) is 29.8 Å². The number of benzene rings is 2. The number of piperazine rings is 1. The molecule has 1 atom stereocenters. The first-order valence-corrected chi connectivity index (χ1v) is 13.0. The molecule has 2 aromatic carbocycles. The number of likely N-dealkylation sites (N-methyl/N-ethyl adjacent to an activating group) is 1. The van der Waals surface area contributed by atoms with Gasteiger partial charge in [0.25, 0.3) is 0 Å². The molecule has 0 unspecified atom stereocenters. The van der Waals surface area contributed by atoms with E-state index in [1.807, 2.05) is 4.90 Å². The van der Waals surface area contributed by atoms with E-state index < -0.39 is 35.8 Å². The van der Waals surface area contributed by atoms with E-state index in [9.17, 15) is 27.6 Å². The zero-order valence-corrected chi connectivity index (χ0v) is 22.7. The number of carbonyl (C=O) groups excluding carboxylic acids is 3. The van der Waals surface area contributed by atoms with Crippen molar-refractivity contribution in [1.82, 2.24) is 20.0 Å². The van der Waals surface area contributed by atoms with Crippen LogP contribution in [0, 0.1) is 0 Å². The van der Waals surface area contributed by atoms with Crippen molar-refractivity contribution < 1.29 is 32.3 Å². The van der Waals surface area contributed by atoms with Crippen LogP contribution >= 0.6 is 11.6 Å². The van der Waals surface area contributed by atoms with Gasteiger partial charge in [-0.25, -0.2) is 14.4 Å². The number of rotatable bonds is 6. The molecule has 2 aliphatic rings. The van der Waals surface area contributed by atoms with Crippen LogP contribution in [0.5, 0.6) is 0 Å². The van der Waals surface area contributed by atoms with Gasteiger partial charge in [-0.05, 0) is 42.8 Å². The highest BCUT2D eigenvalue weighted by molar-refractivity contribution is 6.31. The molecule has 0 saturated carbocycles. The molecule has 4 amide bonds. The van der Waals surface area contributed by atoms with Crippen molar-refractivity contribution in [2.24, 2.45) is 0 Å². The molecule has 13 heteroatoms. The Labute approximate surface area is 234 Å². The number of carbonyl (C=O) groups is 3. The Balaban J connectivity index is 1.48. The molecule has 1 fully saturated rings. The van der Waals surface area contributed by atoms with Gasteiger partial charge < -0.3 is 20.3 Å². The van der Waals surface area contributed by atoms with Crippen molar-refractivity contribution in [3.63, 3.8) is 0 Å². The van der Waals surface area contributed by atoms with Crippen molar-refractivity contribution >= 4 is 35.3 Å². The second-order valence-electron chi connectivity index (χ2n) is 9.31. The molecule has 4 rings (SSSR count). The second kappa shape index (κ2) is 12.2. The minimum absolute atomic E-state index is 0.148. The summed E-state index contributed by atoms with van der Waals surface area (Å²) in [5, 5.41) is 5.85.